The summed E-state index contributed by atoms with van der Waals surface area (Å²) >= 11 is 0. The molecule has 0 saturated carbocycles. The Balaban J connectivity index is 0.922. The first kappa shape index (κ1) is 28.9. The van der Waals surface area contributed by atoms with Crippen LogP contribution in [0.25, 0.3) is 110 Å². The first-order valence-corrected chi connectivity index (χ1v) is 17.7. The van der Waals surface area contributed by atoms with E-state index in [1.807, 2.05) is 0 Å². The van der Waals surface area contributed by atoms with Crippen molar-refractivity contribution in [2.45, 2.75) is 0 Å². The molecule has 2 nitrogen and oxygen atoms in total. The Bertz CT molecular complexity index is 2940. The van der Waals surface area contributed by atoms with E-state index in [0.29, 0.717) is 0 Å². The van der Waals surface area contributed by atoms with Crippen LogP contribution in [0.1, 0.15) is 0 Å². The predicted molar refractivity (Wildman–Crippen MR) is 218 cm³/mol. The van der Waals surface area contributed by atoms with E-state index in [4.69, 9.17) is 8.83 Å². The molecule has 2 heterocycles. The van der Waals surface area contributed by atoms with Crippen LogP contribution in [-0.2, 0) is 0 Å². The summed E-state index contributed by atoms with van der Waals surface area (Å²) in [5.41, 5.74) is 13.0. The Morgan fingerprint density at radius 2 is 0.519 bits per heavy atom. The minimum atomic E-state index is 0.860. The van der Waals surface area contributed by atoms with Gasteiger partial charge in [-0.25, -0.2) is 0 Å². The summed E-state index contributed by atoms with van der Waals surface area (Å²) in [6, 6.07) is 65.2. The van der Waals surface area contributed by atoms with Crippen LogP contribution in [0.2, 0.25) is 0 Å². The van der Waals surface area contributed by atoms with Crippen molar-refractivity contribution < 1.29 is 8.83 Å². The van der Waals surface area contributed by atoms with Gasteiger partial charge in [0.15, 0.2) is 0 Å². The van der Waals surface area contributed by atoms with Crippen LogP contribution in [0, 0.1) is 0 Å². The maximum atomic E-state index is 6.44. The highest BCUT2D eigenvalue weighted by atomic mass is 16.3. The average molecular weight is 663 g/mol. The largest absolute Gasteiger partial charge is 0.456 e. The van der Waals surface area contributed by atoms with Gasteiger partial charge in [-0.05, 0) is 115 Å². The molecule has 0 amide bonds. The van der Waals surface area contributed by atoms with Crippen LogP contribution in [-0.4, -0.2) is 0 Å². The van der Waals surface area contributed by atoms with Gasteiger partial charge in [-0.3, -0.25) is 0 Å². The molecule has 2 heteroatoms. The van der Waals surface area contributed by atoms with E-state index in [-0.39, 0.29) is 0 Å². The molecule has 0 aliphatic heterocycles. The zero-order chi connectivity index (χ0) is 34.2. The standard InChI is InChI=1S/C50H30O2/c1-3-7-37-25-39(19-17-31(37)5-1)33-9-13-35(14-10-33)41-21-23-47-43(27-41)45-29-50-46(30-49(45)51-47)44-28-42(22-24-48(44)52-50)36-15-11-34(12-16-36)40-20-18-32-6-2-4-8-38(32)26-40/h1-30H. The average Bonchev–Trinajstić information content (AvgIpc) is 3.76. The Morgan fingerprint density at radius 1 is 0.212 bits per heavy atom. The molecule has 0 radical (unpaired) electrons. The van der Waals surface area contributed by atoms with Gasteiger partial charge < -0.3 is 8.83 Å². The third-order valence-electron chi connectivity index (χ3n) is 10.7. The SMILES string of the molecule is c1ccc2cc(-c3ccc(-c4ccc5oc6cc7c(cc6c5c4)oc4ccc(-c5ccc(-c6ccc8ccccc8c6)cc5)cc47)cc3)ccc2c1. The number of fused-ring (bicyclic) bond motifs is 8. The van der Waals surface area contributed by atoms with Crippen molar-refractivity contribution in [2.75, 3.05) is 0 Å². The Kier molecular flexibility index (Phi) is 6.28. The highest BCUT2D eigenvalue weighted by Crippen LogP contribution is 2.40. The third kappa shape index (κ3) is 4.73. The molecule has 0 fully saturated rings. The van der Waals surface area contributed by atoms with Crippen molar-refractivity contribution in [1.29, 1.82) is 0 Å². The lowest BCUT2D eigenvalue weighted by Crippen LogP contribution is -1.82. The van der Waals surface area contributed by atoms with Crippen LogP contribution in [0.4, 0.5) is 0 Å². The van der Waals surface area contributed by atoms with Crippen LogP contribution >= 0.6 is 0 Å². The molecule has 0 N–H and O–H groups in total. The van der Waals surface area contributed by atoms with Gasteiger partial charge >= 0.3 is 0 Å². The number of rotatable bonds is 4. The number of hydrogen-bond donors (Lipinski definition) is 0. The van der Waals surface area contributed by atoms with Gasteiger partial charge in [0.25, 0.3) is 0 Å². The lowest BCUT2D eigenvalue weighted by molar-refractivity contribution is 0.664. The molecule has 242 valence electrons. The molecule has 0 unspecified atom stereocenters. The summed E-state index contributed by atoms with van der Waals surface area (Å²) in [4.78, 5) is 0. The summed E-state index contributed by atoms with van der Waals surface area (Å²) in [5.74, 6) is 0. The molecule has 11 aromatic rings. The predicted octanol–water partition coefficient (Wildman–Crippen LogP) is 14.5. The van der Waals surface area contributed by atoms with Crippen LogP contribution in [0.15, 0.2) is 191 Å². The molecule has 2 aromatic heterocycles. The Morgan fingerprint density at radius 3 is 0.923 bits per heavy atom. The molecule has 0 spiro atoms. The molecule has 0 bridgehead atoms. The van der Waals surface area contributed by atoms with E-state index in [1.165, 1.54) is 54.9 Å². The zero-order valence-electron chi connectivity index (χ0n) is 28.1. The van der Waals surface area contributed by atoms with E-state index in [2.05, 4.69) is 182 Å². The van der Waals surface area contributed by atoms with Gasteiger partial charge in [0.05, 0.1) is 0 Å². The first-order valence-electron chi connectivity index (χ1n) is 17.7. The Hall–Kier alpha value is -6.90. The minimum Gasteiger partial charge on any atom is -0.456 e. The fourth-order valence-corrected chi connectivity index (χ4v) is 7.85. The van der Waals surface area contributed by atoms with Gasteiger partial charge in [-0.1, -0.05) is 133 Å². The van der Waals surface area contributed by atoms with E-state index in [0.717, 1.165) is 55.0 Å². The molecule has 52 heavy (non-hydrogen) atoms. The zero-order valence-corrected chi connectivity index (χ0v) is 28.1. The fraction of sp³-hybridized carbons (Fsp3) is 0. The topological polar surface area (TPSA) is 26.3 Å². The third-order valence-corrected chi connectivity index (χ3v) is 10.7. The van der Waals surface area contributed by atoms with Crippen LogP contribution in [0.3, 0.4) is 0 Å². The lowest BCUT2D eigenvalue weighted by atomic mass is 9.97. The monoisotopic (exact) mass is 662 g/mol. The number of furan rings is 2. The van der Waals surface area contributed by atoms with Crippen molar-refractivity contribution in [3.63, 3.8) is 0 Å². The van der Waals surface area contributed by atoms with Gasteiger partial charge in [0, 0.05) is 21.5 Å². The van der Waals surface area contributed by atoms with Crippen LogP contribution in [0.5, 0.6) is 0 Å². The smallest absolute Gasteiger partial charge is 0.136 e. The van der Waals surface area contributed by atoms with Crippen LogP contribution < -0.4 is 0 Å². The van der Waals surface area contributed by atoms with E-state index in [1.54, 1.807) is 0 Å². The van der Waals surface area contributed by atoms with Crippen molar-refractivity contribution in [1.82, 2.24) is 0 Å². The second-order valence-electron chi connectivity index (χ2n) is 13.7. The quantitative estimate of drug-likeness (QED) is 0.187. The first-order chi connectivity index (χ1) is 25.7. The van der Waals surface area contributed by atoms with Crippen molar-refractivity contribution in [3.05, 3.63) is 182 Å². The van der Waals surface area contributed by atoms with Crippen molar-refractivity contribution in [3.8, 4) is 44.5 Å². The van der Waals surface area contributed by atoms with E-state index >= 15 is 0 Å². The molecule has 0 saturated heterocycles. The maximum Gasteiger partial charge on any atom is 0.136 e. The number of benzene rings is 9. The van der Waals surface area contributed by atoms with E-state index in [9.17, 15) is 0 Å². The maximum absolute atomic E-state index is 6.44. The second-order valence-corrected chi connectivity index (χ2v) is 13.7. The highest BCUT2D eigenvalue weighted by Gasteiger charge is 2.15. The van der Waals surface area contributed by atoms with Gasteiger partial charge in [-0.2, -0.15) is 0 Å². The van der Waals surface area contributed by atoms with Gasteiger partial charge in [-0.15, -0.1) is 0 Å². The highest BCUT2D eigenvalue weighted by molar-refractivity contribution is 6.15. The molecule has 0 aliphatic carbocycles. The van der Waals surface area contributed by atoms with Crippen molar-refractivity contribution >= 4 is 65.4 Å². The molecular formula is C50H30O2. The molecular weight excluding hydrogens is 633 g/mol. The summed E-state index contributed by atoms with van der Waals surface area (Å²) in [5, 5.41) is 9.30. The normalized spacial score (nSPS) is 11.8. The minimum absolute atomic E-state index is 0.860. The molecule has 9 aromatic carbocycles. The molecule has 11 rings (SSSR count). The summed E-state index contributed by atoms with van der Waals surface area (Å²) in [6.07, 6.45) is 0. The fourth-order valence-electron chi connectivity index (χ4n) is 7.85. The molecule has 0 aliphatic rings. The summed E-state index contributed by atoms with van der Waals surface area (Å²) in [6.45, 7) is 0. The Labute approximate surface area is 299 Å². The summed E-state index contributed by atoms with van der Waals surface area (Å²) in [7, 11) is 0. The van der Waals surface area contributed by atoms with Gasteiger partial charge in [0.2, 0.25) is 0 Å². The summed E-state index contributed by atoms with van der Waals surface area (Å²) < 4.78 is 12.9. The van der Waals surface area contributed by atoms with E-state index < -0.39 is 0 Å². The van der Waals surface area contributed by atoms with Crippen molar-refractivity contribution in [2.24, 2.45) is 0 Å². The number of hydrogen-bond acceptors (Lipinski definition) is 2. The van der Waals surface area contributed by atoms with Gasteiger partial charge in [0.1, 0.15) is 22.3 Å². The second kappa shape index (κ2) is 11.3. The lowest BCUT2D eigenvalue weighted by Gasteiger charge is -2.07. The molecule has 0 atom stereocenters.